The first-order valence-corrected chi connectivity index (χ1v) is 11.9. The van der Waals surface area contributed by atoms with Gasteiger partial charge in [0.15, 0.2) is 11.4 Å². The summed E-state index contributed by atoms with van der Waals surface area (Å²) in [7, 11) is 1.53. The summed E-state index contributed by atoms with van der Waals surface area (Å²) >= 11 is 1.19. The predicted octanol–water partition coefficient (Wildman–Crippen LogP) is 2.27. The number of carbonyl (C=O) groups is 2. The van der Waals surface area contributed by atoms with Crippen molar-refractivity contribution in [2.75, 3.05) is 20.3 Å². The summed E-state index contributed by atoms with van der Waals surface area (Å²) in [6, 6.07) is 13.2. The van der Waals surface area contributed by atoms with E-state index >= 15 is 0 Å². The summed E-state index contributed by atoms with van der Waals surface area (Å²) < 4.78 is 18.0. The standard InChI is InChI=1S/C26H24N2O7S/c1-4-34-25(32)22-15(2)27-26-28(23(22)18-10-5-6-11-19(18)33-3)24(31)20(36-26)13-16-8-7-9-17(12-16)35-14-21(29)30/h5-13,23H,4,14H2,1-3H3,(H,29,30)/b20-13+/t23-/m0/s1. The number of nitrogens with zero attached hydrogens (tertiary/aromatic N) is 2. The molecule has 0 fully saturated rings. The molecule has 1 N–H and O–H groups in total. The first-order chi connectivity index (χ1) is 17.3. The van der Waals surface area contributed by atoms with Gasteiger partial charge in [-0.25, -0.2) is 14.6 Å². The fourth-order valence-electron chi connectivity index (χ4n) is 3.97. The van der Waals surface area contributed by atoms with E-state index in [1.165, 1.54) is 23.0 Å². The number of aromatic nitrogens is 1. The average molecular weight is 509 g/mol. The van der Waals surface area contributed by atoms with Crippen LogP contribution in [0.5, 0.6) is 11.5 Å². The van der Waals surface area contributed by atoms with Crippen LogP contribution in [0, 0.1) is 0 Å². The molecule has 1 aromatic heterocycles. The Kier molecular flexibility index (Phi) is 7.35. The van der Waals surface area contributed by atoms with Crippen molar-refractivity contribution in [3.63, 3.8) is 0 Å². The van der Waals surface area contributed by atoms with E-state index in [2.05, 4.69) is 4.99 Å². The summed E-state index contributed by atoms with van der Waals surface area (Å²) in [5.41, 5.74) is 1.68. The molecule has 36 heavy (non-hydrogen) atoms. The van der Waals surface area contributed by atoms with Crippen molar-refractivity contribution in [1.29, 1.82) is 0 Å². The third-order valence-electron chi connectivity index (χ3n) is 5.47. The molecule has 1 atom stereocenters. The largest absolute Gasteiger partial charge is 0.496 e. The van der Waals surface area contributed by atoms with Gasteiger partial charge in [-0.05, 0) is 43.7 Å². The minimum atomic E-state index is -1.09. The van der Waals surface area contributed by atoms with Gasteiger partial charge in [-0.2, -0.15) is 0 Å². The smallest absolute Gasteiger partial charge is 0.341 e. The predicted molar refractivity (Wildman–Crippen MR) is 133 cm³/mol. The Bertz CT molecular complexity index is 1530. The zero-order valence-corrected chi connectivity index (χ0v) is 20.7. The normalized spacial score (nSPS) is 15.2. The molecule has 0 saturated carbocycles. The lowest BCUT2D eigenvalue weighted by Crippen LogP contribution is -2.40. The number of carboxylic acid groups (broad SMARTS) is 1. The zero-order valence-electron chi connectivity index (χ0n) is 19.9. The number of benzene rings is 2. The van der Waals surface area contributed by atoms with Crippen LogP contribution in [0.4, 0.5) is 0 Å². The number of fused-ring (bicyclic) bond motifs is 1. The first-order valence-electron chi connectivity index (χ1n) is 11.1. The number of allylic oxidation sites excluding steroid dienone is 1. The Morgan fingerprint density at radius 1 is 1.19 bits per heavy atom. The van der Waals surface area contributed by atoms with Gasteiger partial charge in [-0.15, -0.1) is 0 Å². The number of hydrogen-bond donors (Lipinski definition) is 1. The van der Waals surface area contributed by atoms with Gasteiger partial charge >= 0.3 is 11.9 Å². The van der Waals surface area contributed by atoms with Gasteiger partial charge in [0.25, 0.3) is 5.56 Å². The molecule has 2 heterocycles. The second-order valence-corrected chi connectivity index (χ2v) is 8.81. The molecule has 10 heteroatoms. The van der Waals surface area contributed by atoms with Crippen molar-refractivity contribution in [1.82, 2.24) is 4.57 Å². The minimum Gasteiger partial charge on any atom is -0.496 e. The molecule has 0 saturated heterocycles. The second kappa shape index (κ2) is 10.6. The van der Waals surface area contributed by atoms with Gasteiger partial charge in [0.05, 0.1) is 29.5 Å². The third kappa shape index (κ3) is 4.94. The molecule has 0 spiro atoms. The highest BCUT2D eigenvalue weighted by Crippen LogP contribution is 2.35. The maximum atomic E-state index is 13.7. The van der Waals surface area contributed by atoms with E-state index in [1.807, 2.05) is 18.2 Å². The molecule has 186 valence electrons. The molecule has 1 aliphatic heterocycles. The monoisotopic (exact) mass is 508 g/mol. The Labute approximate surface area is 210 Å². The van der Waals surface area contributed by atoms with Crippen molar-refractivity contribution in [3.8, 4) is 11.5 Å². The number of thiazole rings is 1. The fraction of sp³-hybridized carbons (Fsp3) is 0.231. The van der Waals surface area contributed by atoms with Crippen LogP contribution >= 0.6 is 11.3 Å². The van der Waals surface area contributed by atoms with Gasteiger partial charge in [0, 0.05) is 5.56 Å². The third-order valence-corrected chi connectivity index (χ3v) is 6.45. The maximum Gasteiger partial charge on any atom is 0.341 e. The van der Waals surface area contributed by atoms with E-state index in [1.54, 1.807) is 50.3 Å². The fourth-order valence-corrected chi connectivity index (χ4v) is 5.02. The molecule has 0 amide bonds. The Hall–Kier alpha value is -4.18. The molecule has 1 aliphatic rings. The van der Waals surface area contributed by atoms with E-state index in [-0.39, 0.29) is 17.7 Å². The number of hydrogen-bond acceptors (Lipinski definition) is 8. The number of carbonyl (C=O) groups excluding carboxylic acids is 1. The van der Waals surface area contributed by atoms with E-state index < -0.39 is 24.6 Å². The van der Waals surface area contributed by atoms with Crippen molar-refractivity contribution < 1.29 is 28.9 Å². The SMILES string of the molecule is CCOC(=O)C1=C(C)N=c2s/c(=C/c3cccc(OCC(=O)O)c3)c(=O)n2[C@H]1c1ccccc1OC. The van der Waals surface area contributed by atoms with Crippen LogP contribution in [0.15, 0.2) is 69.6 Å². The van der Waals surface area contributed by atoms with Crippen molar-refractivity contribution in [2.45, 2.75) is 19.9 Å². The molecule has 4 rings (SSSR count). The van der Waals surface area contributed by atoms with Crippen LogP contribution in [0.1, 0.15) is 31.0 Å². The highest BCUT2D eigenvalue weighted by atomic mass is 32.1. The van der Waals surface area contributed by atoms with Crippen molar-refractivity contribution >= 4 is 29.4 Å². The molecular weight excluding hydrogens is 484 g/mol. The van der Waals surface area contributed by atoms with Crippen LogP contribution in [0.3, 0.4) is 0 Å². The van der Waals surface area contributed by atoms with E-state index in [4.69, 9.17) is 19.3 Å². The van der Waals surface area contributed by atoms with Crippen LogP contribution in [0.2, 0.25) is 0 Å². The summed E-state index contributed by atoms with van der Waals surface area (Å²) in [6.45, 7) is 3.14. The first kappa shape index (κ1) is 24.9. The van der Waals surface area contributed by atoms with E-state index in [0.29, 0.717) is 37.7 Å². The van der Waals surface area contributed by atoms with Crippen LogP contribution in [-0.2, 0) is 14.3 Å². The van der Waals surface area contributed by atoms with Crippen molar-refractivity contribution in [2.24, 2.45) is 4.99 Å². The summed E-state index contributed by atoms with van der Waals surface area (Å²) in [4.78, 5) is 42.5. The molecular formula is C26H24N2O7S. The van der Waals surface area contributed by atoms with Crippen LogP contribution < -0.4 is 24.4 Å². The topological polar surface area (TPSA) is 116 Å². The van der Waals surface area contributed by atoms with Crippen molar-refractivity contribution in [3.05, 3.63) is 90.6 Å². The van der Waals surface area contributed by atoms with Crippen LogP contribution in [0.25, 0.3) is 6.08 Å². The Morgan fingerprint density at radius 2 is 1.97 bits per heavy atom. The van der Waals surface area contributed by atoms with Gasteiger partial charge in [-0.1, -0.05) is 41.7 Å². The molecule has 0 radical (unpaired) electrons. The molecule has 0 bridgehead atoms. The summed E-state index contributed by atoms with van der Waals surface area (Å²) in [6.07, 6.45) is 1.68. The average Bonchev–Trinajstić information content (AvgIpc) is 3.16. The lowest BCUT2D eigenvalue weighted by Gasteiger charge is -2.25. The van der Waals surface area contributed by atoms with Gasteiger partial charge < -0.3 is 19.3 Å². The number of aliphatic carboxylic acids is 1. The van der Waals surface area contributed by atoms with Gasteiger partial charge in [0.1, 0.15) is 17.5 Å². The lowest BCUT2D eigenvalue weighted by atomic mass is 9.95. The molecule has 0 aliphatic carbocycles. The number of ether oxygens (including phenoxy) is 3. The number of esters is 1. The molecule has 0 unspecified atom stereocenters. The number of methoxy groups -OCH3 is 1. The van der Waals surface area contributed by atoms with E-state index in [9.17, 15) is 14.4 Å². The molecule has 9 nitrogen and oxygen atoms in total. The number of carboxylic acids is 1. The van der Waals surface area contributed by atoms with Gasteiger partial charge in [0.2, 0.25) is 0 Å². The Balaban J connectivity index is 1.89. The number of para-hydroxylation sites is 1. The highest BCUT2D eigenvalue weighted by molar-refractivity contribution is 7.07. The van der Waals surface area contributed by atoms with Crippen LogP contribution in [-0.4, -0.2) is 41.9 Å². The lowest BCUT2D eigenvalue weighted by molar-refractivity contribution is -0.140. The number of rotatable bonds is 8. The zero-order chi connectivity index (χ0) is 25.8. The minimum absolute atomic E-state index is 0.180. The molecule has 3 aromatic rings. The highest BCUT2D eigenvalue weighted by Gasteiger charge is 2.34. The Morgan fingerprint density at radius 3 is 2.69 bits per heavy atom. The quantitative estimate of drug-likeness (QED) is 0.464. The van der Waals surface area contributed by atoms with E-state index in [0.717, 1.165) is 0 Å². The molecule has 2 aromatic carbocycles. The summed E-state index contributed by atoms with van der Waals surface area (Å²) in [5.74, 6) is -0.742. The second-order valence-electron chi connectivity index (χ2n) is 7.80. The maximum absolute atomic E-state index is 13.7. The summed E-state index contributed by atoms with van der Waals surface area (Å²) in [5, 5.41) is 8.85. The van der Waals surface area contributed by atoms with Gasteiger partial charge in [-0.3, -0.25) is 9.36 Å².